The molecule has 2 rings (SSSR count). The lowest BCUT2D eigenvalue weighted by Gasteiger charge is -2.12. The number of hydrogen-bond donors (Lipinski definition) is 1. The predicted octanol–water partition coefficient (Wildman–Crippen LogP) is 5.44. The smallest absolute Gasteiger partial charge is 0.129 e. The average molecular weight is 347 g/mol. The lowest BCUT2D eigenvalue weighted by atomic mass is 10.2. The van der Waals surface area contributed by atoms with Crippen LogP contribution in [0.1, 0.15) is 5.56 Å². The van der Waals surface area contributed by atoms with Gasteiger partial charge < -0.3 is 10.1 Å². The standard InChI is InChI=1S/C14H10Cl3NOS/c1-19-13-5-2-8(15)6-10(13)14(20)18-9-3-4-11(16)12(17)7-9/h2-7H,1H3,(H,18,20). The Morgan fingerprint density at radius 1 is 1.05 bits per heavy atom. The molecule has 0 saturated carbocycles. The third-order valence-corrected chi connectivity index (χ3v) is 3.88. The third-order valence-electron chi connectivity index (χ3n) is 2.58. The number of rotatable bonds is 3. The van der Waals surface area contributed by atoms with Gasteiger partial charge in [0.15, 0.2) is 0 Å². The number of nitrogens with one attached hydrogen (secondary N) is 1. The van der Waals surface area contributed by atoms with E-state index in [-0.39, 0.29) is 0 Å². The van der Waals surface area contributed by atoms with Crippen LogP contribution >= 0.6 is 47.0 Å². The summed E-state index contributed by atoms with van der Waals surface area (Å²) >= 11 is 23.2. The van der Waals surface area contributed by atoms with Gasteiger partial charge >= 0.3 is 0 Å². The molecule has 0 aliphatic heterocycles. The van der Waals surface area contributed by atoms with E-state index >= 15 is 0 Å². The lowest BCUT2D eigenvalue weighted by molar-refractivity contribution is 0.414. The summed E-state index contributed by atoms with van der Waals surface area (Å²) in [6, 6.07) is 10.4. The van der Waals surface area contributed by atoms with Crippen molar-refractivity contribution >= 4 is 57.7 Å². The van der Waals surface area contributed by atoms with Crippen molar-refractivity contribution in [2.75, 3.05) is 12.4 Å². The molecule has 0 atom stereocenters. The van der Waals surface area contributed by atoms with Gasteiger partial charge in [0, 0.05) is 10.7 Å². The van der Waals surface area contributed by atoms with Gasteiger partial charge in [0.1, 0.15) is 10.7 Å². The van der Waals surface area contributed by atoms with E-state index in [2.05, 4.69) is 5.32 Å². The second-order valence-corrected chi connectivity index (χ2v) is 5.59. The summed E-state index contributed by atoms with van der Waals surface area (Å²) in [7, 11) is 1.58. The summed E-state index contributed by atoms with van der Waals surface area (Å²) in [4.78, 5) is 0.489. The first-order valence-electron chi connectivity index (χ1n) is 5.61. The van der Waals surface area contributed by atoms with Crippen molar-refractivity contribution in [2.45, 2.75) is 0 Å². The van der Waals surface area contributed by atoms with Crippen molar-refractivity contribution in [3.05, 3.63) is 57.0 Å². The predicted molar refractivity (Wildman–Crippen MR) is 89.8 cm³/mol. The van der Waals surface area contributed by atoms with Crippen molar-refractivity contribution in [3.8, 4) is 5.75 Å². The molecule has 2 nitrogen and oxygen atoms in total. The number of methoxy groups -OCH3 is 1. The molecule has 0 amide bonds. The molecule has 0 aliphatic carbocycles. The first kappa shape index (κ1) is 15.4. The van der Waals surface area contributed by atoms with Crippen LogP contribution in [0.2, 0.25) is 15.1 Å². The van der Waals surface area contributed by atoms with Gasteiger partial charge in [-0.05, 0) is 36.4 Å². The highest BCUT2D eigenvalue weighted by Gasteiger charge is 2.10. The first-order chi connectivity index (χ1) is 9.51. The van der Waals surface area contributed by atoms with Crippen LogP contribution in [0.15, 0.2) is 36.4 Å². The monoisotopic (exact) mass is 345 g/mol. The summed E-state index contributed by atoms with van der Waals surface area (Å²) in [6.07, 6.45) is 0. The van der Waals surface area contributed by atoms with Crippen LogP contribution in [0.5, 0.6) is 5.75 Å². The van der Waals surface area contributed by atoms with Crippen LogP contribution in [-0.2, 0) is 0 Å². The number of hydrogen-bond acceptors (Lipinski definition) is 2. The van der Waals surface area contributed by atoms with E-state index in [0.29, 0.717) is 31.4 Å². The zero-order valence-corrected chi connectivity index (χ0v) is 13.5. The molecule has 0 fully saturated rings. The minimum absolute atomic E-state index is 0.456. The Morgan fingerprint density at radius 2 is 1.80 bits per heavy atom. The van der Waals surface area contributed by atoms with Crippen molar-refractivity contribution in [3.63, 3.8) is 0 Å². The van der Waals surface area contributed by atoms with Gasteiger partial charge in [-0.1, -0.05) is 47.0 Å². The van der Waals surface area contributed by atoms with E-state index in [4.69, 9.17) is 51.8 Å². The second-order valence-electron chi connectivity index (χ2n) is 3.93. The summed E-state index contributed by atoms with van der Waals surface area (Å²) in [5, 5.41) is 4.61. The topological polar surface area (TPSA) is 21.3 Å². The third kappa shape index (κ3) is 3.55. The Hall–Kier alpha value is -1.000. The lowest BCUT2D eigenvalue weighted by Crippen LogP contribution is -2.11. The Balaban J connectivity index is 2.27. The maximum Gasteiger partial charge on any atom is 0.129 e. The van der Waals surface area contributed by atoms with Gasteiger partial charge in [0.2, 0.25) is 0 Å². The van der Waals surface area contributed by atoms with E-state index in [9.17, 15) is 0 Å². The number of halogens is 3. The van der Waals surface area contributed by atoms with Crippen LogP contribution in [-0.4, -0.2) is 12.1 Å². The molecule has 1 N–H and O–H groups in total. The van der Waals surface area contributed by atoms with Crippen LogP contribution in [0.3, 0.4) is 0 Å². The quantitative estimate of drug-likeness (QED) is 0.747. The van der Waals surface area contributed by atoms with E-state index in [1.807, 2.05) is 0 Å². The highest BCUT2D eigenvalue weighted by atomic mass is 35.5. The Kier molecular flexibility index (Phi) is 5.11. The van der Waals surface area contributed by atoms with Gasteiger partial charge in [-0.25, -0.2) is 0 Å². The molecule has 0 aromatic heterocycles. The summed E-state index contributed by atoms with van der Waals surface area (Å²) in [5.74, 6) is 0.645. The molecule has 2 aromatic rings. The average Bonchev–Trinajstić information content (AvgIpc) is 2.43. The number of anilines is 1. The molecular formula is C14H10Cl3NOS. The van der Waals surface area contributed by atoms with E-state index in [1.165, 1.54) is 0 Å². The minimum atomic E-state index is 0.456. The van der Waals surface area contributed by atoms with E-state index in [1.54, 1.807) is 43.5 Å². The van der Waals surface area contributed by atoms with Crippen molar-refractivity contribution in [1.82, 2.24) is 0 Å². The number of ether oxygens (including phenoxy) is 1. The summed E-state index contributed by atoms with van der Waals surface area (Å²) in [6.45, 7) is 0. The maximum atomic E-state index is 5.99. The SMILES string of the molecule is COc1ccc(Cl)cc1C(=S)Nc1ccc(Cl)c(Cl)c1. The van der Waals surface area contributed by atoms with Gasteiger partial charge in [0.05, 0.1) is 22.7 Å². The van der Waals surface area contributed by atoms with Crippen molar-refractivity contribution in [2.24, 2.45) is 0 Å². The van der Waals surface area contributed by atoms with Crippen LogP contribution in [0.25, 0.3) is 0 Å². The molecule has 2 aromatic carbocycles. The molecule has 20 heavy (non-hydrogen) atoms. The van der Waals surface area contributed by atoms with E-state index in [0.717, 1.165) is 5.69 Å². The fourth-order valence-corrected chi connectivity index (χ4v) is 2.38. The van der Waals surface area contributed by atoms with Gasteiger partial charge in [-0.15, -0.1) is 0 Å². The molecule has 0 unspecified atom stereocenters. The fraction of sp³-hybridized carbons (Fsp3) is 0.0714. The molecule has 0 heterocycles. The Bertz CT molecular complexity index is 661. The largest absolute Gasteiger partial charge is 0.496 e. The van der Waals surface area contributed by atoms with Crippen LogP contribution in [0, 0.1) is 0 Å². The van der Waals surface area contributed by atoms with Crippen molar-refractivity contribution < 1.29 is 4.74 Å². The Morgan fingerprint density at radius 3 is 2.45 bits per heavy atom. The highest BCUT2D eigenvalue weighted by Crippen LogP contribution is 2.27. The van der Waals surface area contributed by atoms with E-state index < -0.39 is 0 Å². The van der Waals surface area contributed by atoms with Gasteiger partial charge in [0.25, 0.3) is 0 Å². The molecule has 0 saturated heterocycles. The molecule has 6 heteroatoms. The maximum absolute atomic E-state index is 5.99. The number of thiocarbonyl (C=S) groups is 1. The highest BCUT2D eigenvalue weighted by molar-refractivity contribution is 7.81. The van der Waals surface area contributed by atoms with Crippen LogP contribution < -0.4 is 10.1 Å². The minimum Gasteiger partial charge on any atom is -0.496 e. The van der Waals surface area contributed by atoms with Gasteiger partial charge in [-0.2, -0.15) is 0 Å². The molecule has 0 spiro atoms. The van der Waals surface area contributed by atoms with Crippen molar-refractivity contribution in [1.29, 1.82) is 0 Å². The zero-order chi connectivity index (χ0) is 14.7. The second kappa shape index (κ2) is 6.64. The number of benzene rings is 2. The fourth-order valence-electron chi connectivity index (χ4n) is 1.63. The molecular weight excluding hydrogens is 337 g/mol. The molecule has 0 radical (unpaired) electrons. The summed E-state index contributed by atoms with van der Waals surface area (Å²) < 4.78 is 5.27. The normalized spacial score (nSPS) is 10.2. The van der Waals surface area contributed by atoms with Crippen LogP contribution in [0.4, 0.5) is 5.69 Å². The first-order valence-corrected chi connectivity index (χ1v) is 7.15. The van der Waals surface area contributed by atoms with Gasteiger partial charge in [-0.3, -0.25) is 0 Å². The molecule has 104 valence electrons. The molecule has 0 bridgehead atoms. The zero-order valence-electron chi connectivity index (χ0n) is 10.4. The Labute approximate surface area is 137 Å². The molecule has 0 aliphatic rings. The summed E-state index contributed by atoms with van der Waals surface area (Å²) in [5.41, 5.74) is 1.45.